The first kappa shape index (κ1) is 11.9. The molecule has 1 aromatic heterocycles. The minimum atomic E-state index is 0.296. The van der Waals surface area contributed by atoms with Crippen LogP contribution in [0.2, 0.25) is 0 Å². The molecule has 0 aliphatic rings. The lowest BCUT2D eigenvalue weighted by Crippen LogP contribution is -1.94. The van der Waals surface area contributed by atoms with Crippen LogP contribution in [-0.4, -0.2) is 9.97 Å². The average Bonchev–Trinajstić information content (AvgIpc) is 2.44. The van der Waals surface area contributed by atoms with Gasteiger partial charge in [-0.05, 0) is 34.1 Å². The molecule has 2 aromatic carbocycles. The highest BCUT2D eigenvalue weighted by molar-refractivity contribution is 9.10. The van der Waals surface area contributed by atoms with Crippen LogP contribution in [0, 0.1) is 0 Å². The van der Waals surface area contributed by atoms with Gasteiger partial charge in [0.2, 0.25) is 0 Å². The number of hydrogen-bond donors (Lipinski definition) is 1. The molecule has 94 valence electrons. The maximum atomic E-state index is 5.80. The van der Waals surface area contributed by atoms with Crippen LogP contribution >= 0.6 is 15.9 Å². The first-order chi connectivity index (χ1) is 9.24. The van der Waals surface area contributed by atoms with Gasteiger partial charge < -0.3 is 10.5 Å². The summed E-state index contributed by atoms with van der Waals surface area (Å²) >= 11 is 3.38. The molecule has 0 saturated heterocycles. The minimum absolute atomic E-state index is 0.296. The summed E-state index contributed by atoms with van der Waals surface area (Å²) in [7, 11) is 0. The minimum Gasteiger partial charge on any atom is -0.423 e. The fourth-order valence-electron chi connectivity index (χ4n) is 1.71. The highest BCUT2D eigenvalue weighted by atomic mass is 79.9. The molecule has 0 radical (unpaired) electrons. The van der Waals surface area contributed by atoms with E-state index in [2.05, 4.69) is 25.9 Å². The Hall–Kier alpha value is -2.14. The monoisotopic (exact) mass is 315 g/mol. The van der Waals surface area contributed by atoms with Gasteiger partial charge in [-0.2, -0.15) is 4.98 Å². The summed E-state index contributed by atoms with van der Waals surface area (Å²) in [5, 5.41) is 0.974. The topological polar surface area (TPSA) is 61.0 Å². The second-order valence-corrected chi connectivity index (χ2v) is 4.77. The molecule has 0 aliphatic heterocycles. The molecule has 4 nitrogen and oxygen atoms in total. The summed E-state index contributed by atoms with van der Waals surface area (Å²) in [6, 6.07) is 13.4. The standard InChI is InChI=1S/C14H10BrN3O/c15-13-10(16)5-3-7-12(13)19-14-17-8-9-4-1-2-6-11(9)18-14/h1-8H,16H2. The zero-order valence-corrected chi connectivity index (χ0v) is 11.5. The molecule has 0 saturated carbocycles. The highest BCUT2D eigenvalue weighted by Gasteiger charge is 2.07. The van der Waals surface area contributed by atoms with E-state index in [1.165, 1.54) is 0 Å². The number of nitrogens with two attached hydrogens (primary N) is 1. The van der Waals surface area contributed by atoms with Crippen LogP contribution in [-0.2, 0) is 0 Å². The molecule has 0 fully saturated rings. The third kappa shape index (κ3) is 2.37. The molecule has 2 N–H and O–H groups in total. The first-order valence-electron chi connectivity index (χ1n) is 5.67. The SMILES string of the molecule is Nc1cccc(Oc2ncc3ccccc3n2)c1Br. The molecular weight excluding hydrogens is 306 g/mol. The molecule has 19 heavy (non-hydrogen) atoms. The van der Waals surface area contributed by atoms with Crippen LogP contribution in [0.5, 0.6) is 11.8 Å². The van der Waals surface area contributed by atoms with Crippen molar-refractivity contribution in [1.29, 1.82) is 0 Å². The molecule has 0 atom stereocenters. The summed E-state index contributed by atoms with van der Waals surface area (Å²) in [6.45, 7) is 0. The molecule has 3 rings (SSSR count). The molecule has 5 heteroatoms. The molecule has 0 amide bonds. The number of ether oxygens (including phenoxy) is 1. The zero-order valence-electron chi connectivity index (χ0n) is 9.88. The maximum absolute atomic E-state index is 5.80. The van der Waals surface area contributed by atoms with Crippen molar-refractivity contribution in [2.24, 2.45) is 0 Å². The van der Waals surface area contributed by atoms with Gasteiger partial charge in [0, 0.05) is 17.3 Å². The molecule has 0 bridgehead atoms. The number of fused-ring (bicyclic) bond motifs is 1. The van der Waals surface area contributed by atoms with Gasteiger partial charge >= 0.3 is 6.01 Å². The van der Waals surface area contributed by atoms with E-state index in [0.29, 0.717) is 21.9 Å². The first-order valence-corrected chi connectivity index (χ1v) is 6.47. The van der Waals surface area contributed by atoms with Crippen LogP contribution in [0.15, 0.2) is 53.1 Å². The van der Waals surface area contributed by atoms with Crippen LogP contribution in [0.25, 0.3) is 10.9 Å². The lowest BCUT2D eigenvalue weighted by molar-refractivity contribution is 0.442. The van der Waals surface area contributed by atoms with Gasteiger partial charge in [-0.3, -0.25) is 0 Å². The average molecular weight is 316 g/mol. The van der Waals surface area contributed by atoms with Gasteiger partial charge in [0.25, 0.3) is 0 Å². The molecule has 0 spiro atoms. The normalized spacial score (nSPS) is 10.6. The Balaban J connectivity index is 1.99. The predicted octanol–water partition coefficient (Wildman–Crippen LogP) is 3.77. The summed E-state index contributed by atoms with van der Waals surface area (Å²) in [5.41, 5.74) is 7.25. The third-order valence-electron chi connectivity index (χ3n) is 2.66. The maximum Gasteiger partial charge on any atom is 0.322 e. The zero-order chi connectivity index (χ0) is 13.2. The molecule has 3 aromatic rings. The van der Waals surface area contributed by atoms with E-state index in [0.717, 1.165) is 10.9 Å². The van der Waals surface area contributed by atoms with Gasteiger partial charge in [0.15, 0.2) is 0 Å². The number of rotatable bonds is 2. The largest absolute Gasteiger partial charge is 0.423 e. The number of halogens is 1. The Morgan fingerprint density at radius 3 is 2.79 bits per heavy atom. The number of anilines is 1. The van der Waals surface area contributed by atoms with E-state index in [9.17, 15) is 0 Å². The molecule has 0 unspecified atom stereocenters. The van der Waals surface area contributed by atoms with Gasteiger partial charge in [-0.25, -0.2) is 4.98 Å². The van der Waals surface area contributed by atoms with Crippen molar-refractivity contribution in [1.82, 2.24) is 9.97 Å². The van der Waals surface area contributed by atoms with Crippen molar-refractivity contribution in [3.8, 4) is 11.8 Å². The summed E-state index contributed by atoms with van der Waals surface area (Å²) in [5.74, 6) is 0.593. The van der Waals surface area contributed by atoms with E-state index in [1.807, 2.05) is 30.3 Å². The van der Waals surface area contributed by atoms with Crippen molar-refractivity contribution < 1.29 is 4.74 Å². The smallest absolute Gasteiger partial charge is 0.322 e. The van der Waals surface area contributed by atoms with E-state index in [-0.39, 0.29) is 0 Å². The molecule has 1 heterocycles. The number of benzene rings is 2. The summed E-state index contributed by atoms with van der Waals surface area (Å²) in [4.78, 5) is 8.52. The Bertz CT molecular complexity index is 746. The number of nitrogen functional groups attached to an aromatic ring is 1. The summed E-state index contributed by atoms with van der Waals surface area (Å²) in [6.07, 6.45) is 1.73. The van der Waals surface area contributed by atoms with Crippen molar-refractivity contribution in [3.05, 3.63) is 53.1 Å². The van der Waals surface area contributed by atoms with Crippen LogP contribution in [0.1, 0.15) is 0 Å². The van der Waals surface area contributed by atoms with Gasteiger partial charge in [-0.15, -0.1) is 0 Å². The molecular formula is C14H10BrN3O. The number of aromatic nitrogens is 2. The Morgan fingerprint density at radius 2 is 1.89 bits per heavy atom. The van der Waals surface area contributed by atoms with E-state index in [4.69, 9.17) is 10.5 Å². The number of para-hydroxylation sites is 1. The third-order valence-corrected chi connectivity index (χ3v) is 3.51. The fraction of sp³-hybridized carbons (Fsp3) is 0. The second kappa shape index (κ2) is 4.85. The Morgan fingerprint density at radius 1 is 1.05 bits per heavy atom. The Labute approximate surface area is 118 Å². The van der Waals surface area contributed by atoms with Crippen molar-refractivity contribution in [2.75, 3.05) is 5.73 Å². The fourth-order valence-corrected chi connectivity index (χ4v) is 2.05. The number of nitrogens with zero attached hydrogens (tertiary/aromatic N) is 2. The van der Waals surface area contributed by atoms with Gasteiger partial charge in [-0.1, -0.05) is 24.3 Å². The van der Waals surface area contributed by atoms with Gasteiger partial charge in [0.1, 0.15) is 5.75 Å². The lowest BCUT2D eigenvalue weighted by atomic mass is 10.2. The van der Waals surface area contributed by atoms with Crippen molar-refractivity contribution >= 4 is 32.5 Å². The summed E-state index contributed by atoms with van der Waals surface area (Å²) < 4.78 is 6.35. The van der Waals surface area contributed by atoms with Crippen LogP contribution < -0.4 is 10.5 Å². The second-order valence-electron chi connectivity index (χ2n) is 3.97. The quantitative estimate of drug-likeness (QED) is 0.731. The van der Waals surface area contributed by atoms with E-state index in [1.54, 1.807) is 18.3 Å². The van der Waals surface area contributed by atoms with Gasteiger partial charge in [0.05, 0.1) is 9.99 Å². The van der Waals surface area contributed by atoms with Crippen LogP contribution in [0.3, 0.4) is 0 Å². The number of hydrogen-bond acceptors (Lipinski definition) is 4. The van der Waals surface area contributed by atoms with E-state index >= 15 is 0 Å². The lowest BCUT2D eigenvalue weighted by Gasteiger charge is -2.07. The predicted molar refractivity (Wildman–Crippen MR) is 78.2 cm³/mol. The van der Waals surface area contributed by atoms with Crippen molar-refractivity contribution in [3.63, 3.8) is 0 Å². The Kier molecular flexibility index (Phi) is 3.05. The molecule has 0 aliphatic carbocycles. The highest BCUT2D eigenvalue weighted by Crippen LogP contribution is 2.32. The van der Waals surface area contributed by atoms with Crippen LogP contribution in [0.4, 0.5) is 5.69 Å². The van der Waals surface area contributed by atoms with Crippen molar-refractivity contribution in [2.45, 2.75) is 0 Å². The van der Waals surface area contributed by atoms with E-state index < -0.39 is 0 Å².